The lowest BCUT2D eigenvalue weighted by molar-refractivity contribution is 0.184. The Morgan fingerprint density at radius 3 is 2.88 bits per heavy atom. The zero-order valence-electron chi connectivity index (χ0n) is 13.2. The van der Waals surface area contributed by atoms with Crippen LogP contribution in [0.15, 0.2) is 36.8 Å². The highest BCUT2D eigenvalue weighted by atomic mass is 35.5. The van der Waals surface area contributed by atoms with E-state index in [0.29, 0.717) is 17.6 Å². The minimum Gasteiger partial charge on any atom is -0.380 e. The molecule has 0 aromatic carbocycles. The van der Waals surface area contributed by atoms with Gasteiger partial charge in [0.15, 0.2) is 11.5 Å². The van der Waals surface area contributed by atoms with E-state index in [1.165, 1.54) is 0 Å². The number of aryl methyl sites for hydroxylation is 1. The van der Waals surface area contributed by atoms with Crippen molar-refractivity contribution in [1.82, 2.24) is 24.6 Å². The van der Waals surface area contributed by atoms with Gasteiger partial charge in [-0.15, -0.1) is 5.10 Å². The van der Waals surface area contributed by atoms with Crippen LogP contribution >= 0.6 is 11.6 Å². The first kappa shape index (κ1) is 15.0. The molecule has 4 aromatic rings. The molecule has 24 heavy (non-hydrogen) atoms. The monoisotopic (exact) mass is 339 g/mol. The van der Waals surface area contributed by atoms with Gasteiger partial charge in [0.1, 0.15) is 5.15 Å². The van der Waals surface area contributed by atoms with Crippen molar-refractivity contribution in [1.29, 1.82) is 0 Å². The Labute approximate surface area is 143 Å². The number of halogens is 1. The van der Waals surface area contributed by atoms with Crippen LogP contribution in [0.5, 0.6) is 0 Å². The van der Waals surface area contributed by atoms with Gasteiger partial charge in [0.25, 0.3) is 0 Å². The molecule has 7 heteroatoms. The molecule has 6 nitrogen and oxygen atoms in total. The number of methoxy groups -OCH3 is 1. The Morgan fingerprint density at radius 1 is 1.17 bits per heavy atom. The molecule has 0 aliphatic heterocycles. The topological polar surface area (TPSA) is 65.2 Å². The number of fused-ring (bicyclic) bond motifs is 2. The molecule has 120 valence electrons. The van der Waals surface area contributed by atoms with Crippen molar-refractivity contribution in [3.8, 4) is 11.4 Å². The molecule has 0 fully saturated rings. The Bertz CT molecular complexity index is 1060. The largest absolute Gasteiger partial charge is 0.380 e. The maximum absolute atomic E-state index is 6.07. The van der Waals surface area contributed by atoms with Crippen LogP contribution in [0.3, 0.4) is 0 Å². The number of rotatable bonds is 3. The fourth-order valence-electron chi connectivity index (χ4n) is 2.71. The highest BCUT2D eigenvalue weighted by Gasteiger charge is 2.13. The summed E-state index contributed by atoms with van der Waals surface area (Å²) in [6.45, 7) is 2.47. The lowest BCUT2D eigenvalue weighted by Crippen LogP contribution is -1.94. The van der Waals surface area contributed by atoms with E-state index >= 15 is 0 Å². The van der Waals surface area contributed by atoms with Gasteiger partial charge in [0, 0.05) is 47.7 Å². The first-order chi connectivity index (χ1) is 11.7. The van der Waals surface area contributed by atoms with Gasteiger partial charge in [0.2, 0.25) is 0 Å². The Hall–Kier alpha value is -2.57. The number of hydrogen-bond donors (Lipinski definition) is 0. The Balaban J connectivity index is 1.92. The summed E-state index contributed by atoms with van der Waals surface area (Å²) in [5.74, 6) is 0.601. The number of ether oxygens (including phenoxy) is 1. The van der Waals surface area contributed by atoms with Crippen molar-refractivity contribution in [2.75, 3.05) is 7.11 Å². The third kappa shape index (κ3) is 2.50. The second kappa shape index (κ2) is 5.81. The summed E-state index contributed by atoms with van der Waals surface area (Å²) in [5, 5.41) is 6.89. The van der Waals surface area contributed by atoms with Crippen LogP contribution in [0, 0.1) is 6.92 Å². The highest BCUT2D eigenvalue weighted by molar-refractivity contribution is 6.30. The van der Waals surface area contributed by atoms with Gasteiger partial charge >= 0.3 is 0 Å². The standard InChI is InChI=1S/C17H14ClN5O/c1-10-13-6-20-15(18)5-12(13)14(7-19-10)17-21-16-4-3-11(9-24-2)8-23(16)22-17/h3-8H,9H2,1-2H3. The Morgan fingerprint density at radius 2 is 2.04 bits per heavy atom. The molecule has 0 saturated carbocycles. The normalized spacial score (nSPS) is 11.5. The molecular weight excluding hydrogens is 326 g/mol. The van der Waals surface area contributed by atoms with Gasteiger partial charge in [-0.05, 0) is 24.6 Å². The molecule has 4 rings (SSSR count). The smallest absolute Gasteiger partial charge is 0.184 e. The quantitative estimate of drug-likeness (QED) is 0.535. The highest BCUT2D eigenvalue weighted by Crippen LogP contribution is 2.29. The summed E-state index contributed by atoms with van der Waals surface area (Å²) in [4.78, 5) is 13.2. The molecule has 0 unspecified atom stereocenters. The molecule has 0 amide bonds. The van der Waals surface area contributed by atoms with Crippen LogP contribution in [0.2, 0.25) is 5.15 Å². The third-order valence-corrected chi connectivity index (χ3v) is 4.09. The molecule has 0 saturated heterocycles. The van der Waals surface area contributed by atoms with Crippen LogP contribution in [-0.2, 0) is 11.3 Å². The average Bonchev–Trinajstić information content (AvgIpc) is 2.98. The second-order valence-corrected chi connectivity index (χ2v) is 5.91. The van der Waals surface area contributed by atoms with Gasteiger partial charge in [-0.2, -0.15) is 0 Å². The number of nitrogens with zero attached hydrogens (tertiary/aromatic N) is 5. The number of hydrogen-bond acceptors (Lipinski definition) is 5. The van der Waals surface area contributed by atoms with Crippen molar-refractivity contribution >= 4 is 28.0 Å². The van der Waals surface area contributed by atoms with Crippen molar-refractivity contribution in [3.63, 3.8) is 0 Å². The van der Waals surface area contributed by atoms with E-state index in [1.54, 1.807) is 24.0 Å². The van der Waals surface area contributed by atoms with Gasteiger partial charge in [-0.1, -0.05) is 17.7 Å². The van der Waals surface area contributed by atoms with Crippen LogP contribution < -0.4 is 0 Å². The van der Waals surface area contributed by atoms with E-state index in [1.807, 2.05) is 31.3 Å². The summed E-state index contributed by atoms with van der Waals surface area (Å²) in [5.41, 5.74) is 3.51. The molecule has 0 N–H and O–H groups in total. The fourth-order valence-corrected chi connectivity index (χ4v) is 2.87. The van der Waals surface area contributed by atoms with E-state index in [0.717, 1.165) is 33.2 Å². The zero-order chi connectivity index (χ0) is 16.7. The van der Waals surface area contributed by atoms with Crippen molar-refractivity contribution < 1.29 is 4.74 Å². The maximum Gasteiger partial charge on any atom is 0.184 e. The summed E-state index contributed by atoms with van der Waals surface area (Å²) in [6.07, 6.45) is 5.42. The second-order valence-electron chi connectivity index (χ2n) is 5.52. The Kier molecular flexibility index (Phi) is 3.63. The van der Waals surface area contributed by atoms with Crippen molar-refractivity contribution in [3.05, 3.63) is 53.2 Å². The minimum atomic E-state index is 0.431. The zero-order valence-corrected chi connectivity index (χ0v) is 13.9. The van der Waals surface area contributed by atoms with Crippen LogP contribution in [0.1, 0.15) is 11.3 Å². The molecule has 0 atom stereocenters. The molecule has 0 aliphatic rings. The predicted octanol–water partition coefficient (Wildman–Crippen LogP) is 3.45. The van der Waals surface area contributed by atoms with E-state index in [4.69, 9.17) is 16.3 Å². The summed E-state index contributed by atoms with van der Waals surface area (Å²) in [6, 6.07) is 5.72. The van der Waals surface area contributed by atoms with Crippen LogP contribution in [-0.4, -0.2) is 31.7 Å². The van der Waals surface area contributed by atoms with Gasteiger partial charge in [0.05, 0.1) is 6.61 Å². The summed E-state index contributed by atoms with van der Waals surface area (Å²) in [7, 11) is 1.67. The minimum absolute atomic E-state index is 0.431. The molecular formula is C17H14ClN5O. The molecule has 0 bridgehead atoms. The van der Waals surface area contributed by atoms with Crippen LogP contribution in [0.4, 0.5) is 0 Å². The lowest BCUT2D eigenvalue weighted by atomic mass is 10.1. The van der Waals surface area contributed by atoms with Gasteiger partial charge in [-0.25, -0.2) is 14.5 Å². The molecule has 0 radical (unpaired) electrons. The maximum atomic E-state index is 6.07. The molecule has 4 heterocycles. The van der Waals surface area contributed by atoms with E-state index in [-0.39, 0.29) is 0 Å². The molecule has 4 aromatic heterocycles. The van der Waals surface area contributed by atoms with Crippen LogP contribution in [0.25, 0.3) is 27.8 Å². The first-order valence-electron chi connectivity index (χ1n) is 7.41. The van der Waals surface area contributed by atoms with Gasteiger partial charge in [-0.3, -0.25) is 4.98 Å². The van der Waals surface area contributed by atoms with E-state index in [9.17, 15) is 0 Å². The average molecular weight is 340 g/mol. The van der Waals surface area contributed by atoms with E-state index < -0.39 is 0 Å². The van der Waals surface area contributed by atoms with E-state index in [2.05, 4.69) is 20.1 Å². The lowest BCUT2D eigenvalue weighted by Gasteiger charge is -2.05. The van der Waals surface area contributed by atoms with Crippen molar-refractivity contribution in [2.24, 2.45) is 0 Å². The number of aromatic nitrogens is 5. The molecule has 0 spiro atoms. The third-order valence-electron chi connectivity index (χ3n) is 3.88. The first-order valence-corrected chi connectivity index (χ1v) is 7.79. The number of pyridine rings is 3. The van der Waals surface area contributed by atoms with Crippen molar-refractivity contribution in [2.45, 2.75) is 13.5 Å². The fraction of sp³-hybridized carbons (Fsp3) is 0.176. The SMILES string of the molecule is COCc1ccc2nc(-c3cnc(C)c4cnc(Cl)cc34)nn2c1. The summed E-state index contributed by atoms with van der Waals surface area (Å²) < 4.78 is 6.91. The predicted molar refractivity (Wildman–Crippen MR) is 92.0 cm³/mol. The van der Waals surface area contributed by atoms with Gasteiger partial charge < -0.3 is 4.74 Å². The molecule has 0 aliphatic carbocycles. The summed E-state index contributed by atoms with van der Waals surface area (Å²) >= 11 is 6.07.